The van der Waals surface area contributed by atoms with Crippen LogP contribution < -0.4 is 4.74 Å². The van der Waals surface area contributed by atoms with Gasteiger partial charge in [-0.05, 0) is 24.6 Å². The first-order valence-electron chi connectivity index (χ1n) is 5.74. The monoisotopic (exact) mass is 251 g/mol. The summed E-state index contributed by atoms with van der Waals surface area (Å²) in [6.07, 6.45) is 0.886. The van der Waals surface area contributed by atoms with Gasteiger partial charge in [-0.2, -0.15) is 0 Å². The second kappa shape index (κ2) is 6.64. The van der Waals surface area contributed by atoms with Gasteiger partial charge in [0.05, 0.1) is 6.61 Å². The summed E-state index contributed by atoms with van der Waals surface area (Å²) >= 11 is 0. The van der Waals surface area contributed by atoms with Gasteiger partial charge in [0.2, 0.25) is 0 Å². The predicted octanol–water partition coefficient (Wildman–Crippen LogP) is 1.63. The molecule has 0 aliphatic carbocycles. The highest BCUT2D eigenvalue weighted by Crippen LogP contribution is 2.14. The van der Waals surface area contributed by atoms with Crippen molar-refractivity contribution in [1.29, 1.82) is 0 Å². The minimum Gasteiger partial charge on any atom is -0.494 e. The van der Waals surface area contributed by atoms with E-state index in [2.05, 4.69) is 0 Å². The van der Waals surface area contributed by atoms with Crippen molar-refractivity contribution in [3.8, 4) is 5.75 Å². The fraction of sp³-hybridized carbons (Fsp3) is 0.385. The summed E-state index contributed by atoms with van der Waals surface area (Å²) in [5, 5.41) is 8.63. The van der Waals surface area contributed by atoms with Crippen molar-refractivity contribution < 1.29 is 19.4 Å². The van der Waals surface area contributed by atoms with E-state index in [0.29, 0.717) is 17.9 Å². The van der Waals surface area contributed by atoms with Gasteiger partial charge < -0.3 is 14.7 Å². The van der Waals surface area contributed by atoms with Crippen LogP contribution in [0.15, 0.2) is 24.3 Å². The first kappa shape index (κ1) is 14.0. The molecule has 0 radical (unpaired) electrons. The lowest BCUT2D eigenvalue weighted by molar-refractivity contribution is -0.137. The van der Waals surface area contributed by atoms with Crippen LogP contribution >= 0.6 is 0 Å². The molecule has 98 valence electrons. The van der Waals surface area contributed by atoms with Crippen molar-refractivity contribution in [3.05, 3.63) is 29.8 Å². The van der Waals surface area contributed by atoms with E-state index < -0.39 is 5.97 Å². The van der Waals surface area contributed by atoms with E-state index >= 15 is 0 Å². The predicted molar refractivity (Wildman–Crippen MR) is 66.8 cm³/mol. The number of ether oxygens (including phenoxy) is 1. The SMILES string of the molecule is CCCOc1cccc(C(=O)N(C)CC(=O)O)c1. The molecular weight excluding hydrogens is 234 g/mol. The Morgan fingerprint density at radius 2 is 2.11 bits per heavy atom. The summed E-state index contributed by atoms with van der Waals surface area (Å²) in [6, 6.07) is 6.74. The zero-order valence-corrected chi connectivity index (χ0v) is 10.5. The van der Waals surface area contributed by atoms with Gasteiger partial charge in [0, 0.05) is 12.6 Å². The van der Waals surface area contributed by atoms with Crippen molar-refractivity contribution in [2.45, 2.75) is 13.3 Å². The number of benzene rings is 1. The van der Waals surface area contributed by atoms with E-state index in [1.165, 1.54) is 7.05 Å². The van der Waals surface area contributed by atoms with Gasteiger partial charge in [-0.1, -0.05) is 13.0 Å². The average molecular weight is 251 g/mol. The fourth-order valence-corrected chi connectivity index (χ4v) is 1.43. The molecule has 0 heterocycles. The Bertz CT molecular complexity index is 431. The minimum absolute atomic E-state index is 0.321. The molecule has 5 nitrogen and oxygen atoms in total. The highest BCUT2D eigenvalue weighted by atomic mass is 16.5. The molecule has 0 bridgehead atoms. The maximum atomic E-state index is 11.9. The van der Waals surface area contributed by atoms with Crippen LogP contribution in [0.1, 0.15) is 23.7 Å². The third kappa shape index (κ3) is 4.08. The molecule has 0 fully saturated rings. The summed E-state index contributed by atoms with van der Waals surface area (Å²) in [5.74, 6) is -0.755. The lowest BCUT2D eigenvalue weighted by Gasteiger charge is -2.15. The van der Waals surface area contributed by atoms with Crippen molar-refractivity contribution in [1.82, 2.24) is 4.90 Å². The van der Waals surface area contributed by atoms with E-state index in [0.717, 1.165) is 11.3 Å². The maximum Gasteiger partial charge on any atom is 0.323 e. The molecule has 0 aromatic heterocycles. The van der Waals surface area contributed by atoms with Crippen LogP contribution in [0.2, 0.25) is 0 Å². The molecular formula is C13H17NO4. The van der Waals surface area contributed by atoms with Gasteiger partial charge in [-0.3, -0.25) is 9.59 Å². The quantitative estimate of drug-likeness (QED) is 0.834. The van der Waals surface area contributed by atoms with Crippen molar-refractivity contribution in [3.63, 3.8) is 0 Å². The Morgan fingerprint density at radius 1 is 1.39 bits per heavy atom. The molecule has 1 amide bonds. The third-order valence-corrected chi connectivity index (χ3v) is 2.27. The fourth-order valence-electron chi connectivity index (χ4n) is 1.43. The van der Waals surface area contributed by atoms with Crippen molar-refractivity contribution in [2.24, 2.45) is 0 Å². The average Bonchev–Trinajstić information content (AvgIpc) is 2.35. The standard InChI is InChI=1S/C13H17NO4/c1-3-7-18-11-6-4-5-10(8-11)13(17)14(2)9-12(15)16/h4-6,8H,3,7,9H2,1-2H3,(H,15,16). The van der Waals surface area contributed by atoms with E-state index in [1.807, 2.05) is 6.92 Å². The molecule has 18 heavy (non-hydrogen) atoms. The summed E-state index contributed by atoms with van der Waals surface area (Å²) in [4.78, 5) is 23.6. The molecule has 0 aliphatic rings. The summed E-state index contributed by atoms with van der Waals surface area (Å²) in [5.41, 5.74) is 0.423. The van der Waals surface area contributed by atoms with Crippen LogP contribution in [0.3, 0.4) is 0 Å². The van der Waals surface area contributed by atoms with E-state index in [4.69, 9.17) is 9.84 Å². The van der Waals surface area contributed by atoms with Gasteiger partial charge in [0.15, 0.2) is 0 Å². The topological polar surface area (TPSA) is 66.8 Å². The second-order valence-corrected chi connectivity index (χ2v) is 3.93. The van der Waals surface area contributed by atoms with E-state index in [-0.39, 0.29) is 12.5 Å². The molecule has 0 saturated carbocycles. The number of likely N-dealkylation sites (N-methyl/N-ethyl adjacent to an activating group) is 1. The molecule has 0 unspecified atom stereocenters. The molecule has 1 rings (SSSR count). The van der Waals surface area contributed by atoms with Crippen LogP contribution in [-0.4, -0.2) is 42.1 Å². The Balaban J connectivity index is 2.76. The van der Waals surface area contributed by atoms with Gasteiger partial charge in [-0.15, -0.1) is 0 Å². The first-order chi connectivity index (χ1) is 8.54. The number of hydrogen-bond acceptors (Lipinski definition) is 3. The van der Waals surface area contributed by atoms with Gasteiger partial charge in [0.1, 0.15) is 12.3 Å². The number of amides is 1. The summed E-state index contributed by atoms with van der Waals surface area (Å²) in [6.45, 7) is 2.26. The van der Waals surface area contributed by atoms with Crippen molar-refractivity contribution >= 4 is 11.9 Å². The number of carboxylic acids is 1. The van der Waals surface area contributed by atoms with Crippen LogP contribution in [0, 0.1) is 0 Å². The molecule has 0 saturated heterocycles. The summed E-state index contributed by atoms with van der Waals surface area (Å²) in [7, 11) is 1.45. The Labute approximate surface area is 106 Å². The second-order valence-electron chi connectivity index (χ2n) is 3.93. The molecule has 0 atom stereocenters. The first-order valence-corrected chi connectivity index (χ1v) is 5.74. The largest absolute Gasteiger partial charge is 0.494 e. The van der Waals surface area contributed by atoms with Crippen LogP contribution in [0.25, 0.3) is 0 Å². The highest BCUT2D eigenvalue weighted by Gasteiger charge is 2.14. The van der Waals surface area contributed by atoms with Gasteiger partial charge >= 0.3 is 5.97 Å². The van der Waals surface area contributed by atoms with Gasteiger partial charge in [-0.25, -0.2) is 0 Å². The summed E-state index contributed by atoms with van der Waals surface area (Å²) < 4.78 is 5.42. The number of nitrogens with zero attached hydrogens (tertiary/aromatic N) is 1. The minimum atomic E-state index is -1.04. The highest BCUT2D eigenvalue weighted by molar-refractivity contribution is 5.95. The Morgan fingerprint density at radius 3 is 2.72 bits per heavy atom. The van der Waals surface area contributed by atoms with Crippen molar-refractivity contribution in [2.75, 3.05) is 20.2 Å². The third-order valence-electron chi connectivity index (χ3n) is 2.27. The zero-order chi connectivity index (χ0) is 13.5. The number of hydrogen-bond donors (Lipinski definition) is 1. The number of aliphatic carboxylic acids is 1. The molecule has 1 aromatic rings. The number of carbonyl (C=O) groups excluding carboxylic acids is 1. The number of rotatable bonds is 6. The number of carboxylic acid groups (broad SMARTS) is 1. The zero-order valence-electron chi connectivity index (χ0n) is 10.5. The molecule has 1 aromatic carbocycles. The van der Waals surface area contributed by atoms with Gasteiger partial charge in [0.25, 0.3) is 5.91 Å². The van der Waals surface area contributed by atoms with E-state index in [1.54, 1.807) is 24.3 Å². The molecule has 0 spiro atoms. The molecule has 5 heteroatoms. The van der Waals surface area contributed by atoms with Crippen LogP contribution in [-0.2, 0) is 4.79 Å². The molecule has 1 N–H and O–H groups in total. The number of carbonyl (C=O) groups is 2. The van der Waals surface area contributed by atoms with E-state index in [9.17, 15) is 9.59 Å². The normalized spacial score (nSPS) is 9.89. The Hall–Kier alpha value is -2.04. The lowest BCUT2D eigenvalue weighted by atomic mass is 10.2. The smallest absolute Gasteiger partial charge is 0.323 e. The molecule has 0 aliphatic heterocycles. The lowest BCUT2D eigenvalue weighted by Crippen LogP contribution is -2.31. The maximum absolute atomic E-state index is 11.9. The Kier molecular flexibility index (Phi) is 5.17. The van der Waals surface area contributed by atoms with Crippen LogP contribution in [0.4, 0.5) is 0 Å². The van der Waals surface area contributed by atoms with Crippen LogP contribution in [0.5, 0.6) is 5.75 Å².